The Labute approximate surface area is 242 Å². The number of rotatable bonds is 31. The van der Waals surface area contributed by atoms with Crippen molar-refractivity contribution in [3.8, 4) is 0 Å². The van der Waals surface area contributed by atoms with E-state index in [4.69, 9.17) is 23.7 Å². The molecule has 0 aromatic rings. The van der Waals surface area contributed by atoms with Gasteiger partial charge in [0.15, 0.2) is 0 Å². The van der Waals surface area contributed by atoms with Crippen LogP contribution in [0.2, 0.25) is 0 Å². The summed E-state index contributed by atoms with van der Waals surface area (Å²) >= 11 is 0. The molecule has 0 aromatic heterocycles. The molecule has 0 aliphatic carbocycles. The highest BCUT2D eigenvalue weighted by Gasteiger charge is 2.38. The van der Waals surface area contributed by atoms with Crippen LogP contribution in [-0.4, -0.2) is 76.3 Å². The number of hydrogen-bond acceptors (Lipinski definition) is 6. The first-order valence-electron chi connectivity index (χ1n) is 16.9. The maximum atomic E-state index is 9.65. The van der Waals surface area contributed by atoms with Crippen molar-refractivity contribution >= 4 is 0 Å². The van der Waals surface area contributed by atoms with Gasteiger partial charge in [-0.15, -0.1) is 0 Å². The number of unbranched alkanes of at least 4 members (excludes halogenated alkanes) is 18. The Bertz CT molecular complexity index is 477. The highest BCUT2D eigenvalue weighted by atomic mass is 16.6. The first-order chi connectivity index (χ1) is 19.3. The van der Waals surface area contributed by atoms with Gasteiger partial charge in [0, 0.05) is 13.2 Å². The summed E-state index contributed by atoms with van der Waals surface area (Å²) in [7, 11) is 0. The molecule has 6 heteroatoms. The van der Waals surface area contributed by atoms with Gasteiger partial charge in [0.1, 0.15) is 18.3 Å². The predicted molar refractivity (Wildman–Crippen MR) is 162 cm³/mol. The van der Waals surface area contributed by atoms with Gasteiger partial charge in [-0.3, -0.25) is 0 Å². The number of aliphatic hydroxyl groups excluding tert-OH is 1. The molecule has 1 N–H and O–H groups in total. The maximum absolute atomic E-state index is 9.65. The van der Waals surface area contributed by atoms with Crippen LogP contribution in [-0.2, 0) is 23.7 Å². The van der Waals surface area contributed by atoms with Gasteiger partial charge < -0.3 is 28.8 Å². The van der Waals surface area contributed by atoms with Gasteiger partial charge in [-0.05, 0) is 12.8 Å². The number of aliphatic hydroxyl groups is 1. The van der Waals surface area contributed by atoms with E-state index in [1.54, 1.807) is 0 Å². The van der Waals surface area contributed by atoms with Gasteiger partial charge in [-0.25, -0.2) is 0 Å². The van der Waals surface area contributed by atoms with Crippen molar-refractivity contribution in [3.63, 3.8) is 0 Å². The molecule has 0 spiro atoms. The molecule has 0 bridgehead atoms. The van der Waals surface area contributed by atoms with Crippen LogP contribution in [0.5, 0.6) is 0 Å². The zero-order valence-electron chi connectivity index (χ0n) is 26.0. The van der Waals surface area contributed by atoms with Crippen LogP contribution >= 0.6 is 0 Å². The second-order valence-corrected chi connectivity index (χ2v) is 11.4. The molecule has 0 aromatic carbocycles. The van der Waals surface area contributed by atoms with Crippen molar-refractivity contribution in [1.29, 1.82) is 0 Å². The summed E-state index contributed by atoms with van der Waals surface area (Å²) in [5.74, 6) is 0. The fourth-order valence-electron chi connectivity index (χ4n) is 5.25. The molecule has 0 radical (unpaired) electrons. The van der Waals surface area contributed by atoms with Crippen molar-refractivity contribution in [2.75, 3.05) is 52.9 Å². The van der Waals surface area contributed by atoms with E-state index in [0.29, 0.717) is 33.0 Å². The van der Waals surface area contributed by atoms with Crippen LogP contribution in [0.3, 0.4) is 0 Å². The Morgan fingerprint density at radius 1 is 0.513 bits per heavy atom. The fraction of sp³-hybridized carbons (Fsp3) is 1.00. The third kappa shape index (κ3) is 22.1. The largest absolute Gasteiger partial charge is 0.394 e. The first kappa shape index (κ1) is 36.8. The van der Waals surface area contributed by atoms with Gasteiger partial charge in [0.25, 0.3) is 0 Å². The van der Waals surface area contributed by atoms with Crippen LogP contribution in [0.15, 0.2) is 0 Å². The summed E-state index contributed by atoms with van der Waals surface area (Å²) in [5, 5.41) is 9.65. The Hall–Kier alpha value is -0.240. The molecule has 3 atom stereocenters. The lowest BCUT2D eigenvalue weighted by Crippen LogP contribution is -2.38. The van der Waals surface area contributed by atoms with Gasteiger partial charge in [0.05, 0.1) is 39.6 Å². The molecule has 1 fully saturated rings. The Kier molecular flexibility index (Phi) is 27.6. The van der Waals surface area contributed by atoms with Gasteiger partial charge in [0.2, 0.25) is 0 Å². The van der Waals surface area contributed by atoms with Crippen LogP contribution in [0.25, 0.3) is 0 Å². The Balaban J connectivity index is 1.93. The van der Waals surface area contributed by atoms with E-state index in [9.17, 15) is 5.11 Å². The monoisotopic (exact) mass is 558 g/mol. The molecule has 0 unspecified atom stereocenters. The van der Waals surface area contributed by atoms with Gasteiger partial charge >= 0.3 is 0 Å². The average molecular weight is 559 g/mol. The van der Waals surface area contributed by atoms with Crippen molar-refractivity contribution in [2.24, 2.45) is 0 Å². The van der Waals surface area contributed by atoms with E-state index < -0.39 is 0 Å². The minimum absolute atomic E-state index is 0.0563. The van der Waals surface area contributed by atoms with Crippen molar-refractivity contribution in [2.45, 2.75) is 161 Å². The Morgan fingerprint density at radius 3 is 1.36 bits per heavy atom. The molecule has 1 rings (SSSR count). The molecular formula is C33H66O6. The maximum Gasteiger partial charge on any atom is 0.114 e. The zero-order chi connectivity index (χ0) is 28.1. The standard InChI is InChI=1S/C33H66O6/c1-3-5-7-9-11-13-15-17-19-21-23-35-25-27-37-32-30-39-31(29-34)33(32)38-28-26-36-24-22-20-18-16-14-12-10-8-6-4-2/h31-34H,3-30H2,1-2H3/t31-,32+,33+/m1/s1. The summed E-state index contributed by atoms with van der Waals surface area (Å²) in [6, 6.07) is 0. The zero-order valence-corrected chi connectivity index (χ0v) is 26.0. The molecule has 1 heterocycles. The highest BCUT2D eigenvalue weighted by Crippen LogP contribution is 2.20. The lowest BCUT2D eigenvalue weighted by Gasteiger charge is -2.22. The average Bonchev–Trinajstić information content (AvgIpc) is 3.34. The second-order valence-electron chi connectivity index (χ2n) is 11.4. The van der Waals surface area contributed by atoms with Crippen LogP contribution in [0, 0.1) is 0 Å². The third-order valence-electron chi connectivity index (χ3n) is 7.77. The third-order valence-corrected chi connectivity index (χ3v) is 7.77. The summed E-state index contributed by atoms with van der Waals surface area (Å²) in [5.41, 5.74) is 0. The number of hydrogen-bond donors (Lipinski definition) is 1. The minimum Gasteiger partial charge on any atom is -0.394 e. The second kappa shape index (κ2) is 29.3. The van der Waals surface area contributed by atoms with Crippen LogP contribution < -0.4 is 0 Å². The van der Waals surface area contributed by atoms with E-state index in [0.717, 1.165) is 26.1 Å². The quantitative estimate of drug-likeness (QED) is 0.0869. The highest BCUT2D eigenvalue weighted by molar-refractivity contribution is 4.85. The molecule has 0 amide bonds. The predicted octanol–water partition coefficient (Wildman–Crippen LogP) is 8.02. The van der Waals surface area contributed by atoms with E-state index in [1.807, 2.05) is 0 Å². The van der Waals surface area contributed by atoms with Crippen molar-refractivity contribution in [3.05, 3.63) is 0 Å². The van der Waals surface area contributed by atoms with Crippen LogP contribution in [0.1, 0.15) is 142 Å². The molecule has 39 heavy (non-hydrogen) atoms. The molecule has 1 saturated heterocycles. The van der Waals surface area contributed by atoms with Crippen molar-refractivity contribution < 1.29 is 28.8 Å². The Morgan fingerprint density at radius 2 is 0.923 bits per heavy atom. The molecule has 1 aliphatic rings. The van der Waals surface area contributed by atoms with Gasteiger partial charge in [-0.2, -0.15) is 0 Å². The molecule has 0 saturated carbocycles. The smallest absolute Gasteiger partial charge is 0.114 e. The van der Waals surface area contributed by atoms with E-state index in [-0.39, 0.29) is 24.9 Å². The topological polar surface area (TPSA) is 66.4 Å². The summed E-state index contributed by atoms with van der Waals surface area (Å²) < 4.78 is 29.2. The van der Waals surface area contributed by atoms with Crippen molar-refractivity contribution in [1.82, 2.24) is 0 Å². The molecular weight excluding hydrogens is 492 g/mol. The minimum atomic E-state index is -0.329. The summed E-state index contributed by atoms with van der Waals surface area (Å²) in [6.07, 6.45) is 25.9. The lowest BCUT2D eigenvalue weighted by atomic mass is 10.1. The van der Waals surface area contributed by atoms with E-state index in [2.05, 4.69) is 13.8 Å². The van der Waals surface area contributed by atoms with Gasteiger partial charge in [-0.1, -0.05) is 129 Å². The lowest BCUT2D eigenvalue weighted by molar-refractivity contribution is -0.0893. The molecule has 1 aliphatic heterocycles. The number of ether oxygens (including phenoxy) is 5. The SMILES string of the molecule is CCCCCCCCCCCCOCCO[C@@H]1[C@@H](OCCOCCCCCCCCCCCC)CO[C@@H]1CO. The van der Waals surface area contributed by atoms with Crippen LogP contribution in [0.4, 0.5) is 0 Å². The summed E-state index contributed by atoms with van der Waals surface area (Å²) in [6.45, 7) is 8.72. The normalized spacial score (nSPS) is 19.3. The van der Waals surface area contributed by atoms with E-state index in [1.165, 1.54) is 116 Å². The molecule has 234 valence electrons. The summed E-state index contributed by atoms with van der Waals surface area (Å²) in [4.78, 5) is 0. The first-order valence-corrected chi connectivity index (χ1v) is 16.9. The van der Waals surface area contributed by atoms with E-state index >= 15 is 0 Å². The fourth-order valence-corrected chi connectivity index (χ4v) is 5.25. The molecule has 6 nitrogen and oxygen atoms in total.